The Kier molecular flexibility index (Phi) is 4.30. The zero-order valence-electron chi connectivity index (χ0n) is 15.7. The molecular formula is C21H20N2O5. The van der Waals surface area contributed by atoms with E-state index < -0.39 is 11.5 Å². The molecule has 0 amide bonds. The van der Waals surface area contributed by atoms with Gasteiger partial charge in [0.2, 0.25) is 0 Å². The molecule has 0 saturated heterocycles. The van der Waals surface area contributed by atoms with E-state index in [4.69, 9.17) is 4.74 Å². The van der Waals surface area contributed by atoms with E-state index in [1.54, 1.807) is 29.7 Å². The molecule has 0 bridgehead atoms. The lowest BCUT2D eigenvalue weighted by Crippen LogP contribution is -2.24. The summed E-state index contributed by atoms with van der Waals surface area (Å²) >= 11 is 0. The molecule has 1 aliphatic rings. The first-order valence-corrected chi connectivity index (χ1v) is 9.20. The number of aromatic hydroxyl groups is 2. The minimum absolute atomic E-state index is 0.0543. The summed E-state index contributed by atoms with van der Waals surface area (Å²) < 4.78 is 6.59. The third kappa shape index (κ3) is 2.70. The number of pyridine rings is 2. The van der Waals surface area contributed by atoms with Gasteiger partial charge in [0.05, 0.1) is 29.0 Å². The molecule has 144 valence electrons. The van der Waals surface area contributed by atoms with Crippen LogP contribution < -0.4 is 5.56 Å². The summed E-state index contributed by atoms with van der Waals surface area (Å²) in [5.74, 6) is -0.485. The smallest absolute Gasteiger partial charge is 0.305 e. The summed E-state index contributed by atoms with van der Waals surface area (Å²) in [5.41, 5.74) is 3.48. The summed E-state index contributed by atoms with van der Waals surface area (Å²) in [5, 5.41) is 21.1. The molecule has 0 unspecified atom stereocenters. The Labute approximate surface area is 160 Å². The van der Waals surface area contributed by atoms with Crippen LogP contribution in [-0.2, 0) is 29.1 Å². The van der Waals surface area contributed by atoms with Crippen molar-refractivity contribution >= 4 is 16.9 Å². The Morgan fingerprint density at radius 2 is 2.00 bits per heavy atom. The molecular weight excluding hydrogens is 360 g/mol. The molecule has 1 aromatic carbocycles. The lowest BCUT2D eigenvalue weighted by molar-refractivity contribution is -0.144. The van der Waals surface area contributed by atoms with Crippen molar-refractivity contribution in [2.75, 3.05) is 0 Å². The number of nitrogens with zero attached hydrogens (tertiary/aromatic N) is 2. The highest BCUT2D eigenvalue weighted by molar-refractivity contribution is 5.89. The van der Waals surface area contributed by atoms with Gasteiger partial charge in [0.25, 0.3) is 5.56 Å². The number of ether oxygens (including phenoxy) is 1. The van der Waals surface area contributed by atoms with Gasteiger partial charge in [-0.25, -0.2) is 4.98 Å². The molecule has 2 aromatic heterocycles. The van der Waals surface area contributed by atoms with Crippen LogP contribution in [0.1, 0.15) is 37.0 Å². The second kappa shape index (κ2) is 6.67. The number of esters is 1. The van der Waals surface area contributed by atoms with E-state index in [0.29, 0.717) is 24.4 Å². The fourth-order valence-electron chi connectivity index (χ4n) is 3.72. The number of rotatable bonds is 4. The second-order valence-electron chi connectivity index (χ2n) is 6.77. The van der Waals surface area contributed by atoms with Gasteiger partial charge in [-0.15, -0.1) is 0 Å². The Bertz CT molecular complexity index is 1180. The first-order valence-electron chi connectivity index (χ1n) is 9.20. The van der Waals surface area contributed by atoms with Crippen LogP contribution in [0, 0.1) is 0 Å². The van der Waals surface area contributed by atoms with Crippen molar-refractivity contribution in [3.63, 3.8) is 0 Å². The number of carbonyl (C=O) groups is 1. The third-order valence-electron chi connectivity index (χ3n) is 5.14. The molecule has 28 heavy (non-hydrogen) atoms. The quantitative estimate of drug-likeness (QED) is 0.528. The van der Waals surface area contributed by atoms with Crippen LogP contribution in [0.5, 0.6) is 11.5 Å². The maximum Gasteiger partial charge on any atom is 0.305 e. The van der Waals surface area contributed by atoms with Crippen molar-refractivity contribution in [3.05, 3.63) is 51.3 Å². The number of phenolic OH excluding ortho intramolecular Hbond substituents is 1. The average molecular weight is 380 g/mol. The van der Waals surface area contributed by atoms with E-state index in [2.05, 4.69) is 4.98 Å². The summed E-state index contributed by atoms with van der Waals surface area (Å²) in [6, 6.07) is 6.50. The van der Waals surface area contributed by atoms with E-state index >= 15 is 0 Å². The maximum absolute atomic E-state index is 12.9. The van der Waals surface area contributed by atoms with Crippen LogP contribution in [0.25, 0.3) is 22.3 Å². The van der Waals surface area contributed by atoms with Gasteiger partial charge in [-0.05, 0) is 30.2 Å². The van der Waals surface area contributed by atoms with Crippen molar-refractivity contribution < 1.29 is 19.7 Å². The molecule has 0 fully saturated rings. The number of aromatic nitrogens is 2. The zero-order valence-corrected chi connectivity index (χ0v) is 15.7. The van der Waals surface area contributed by atoms with E-state index in [1.165, 1.54) is 6.07 Å². The van der Waals surface area contributed by atoms with Crippen molar-refractivity contribution in [1.82, 2.24) is 9.55 Å². The standard InChI is InChI=1S/C21H20N2O5/c1-3-12-13-7-11(24)5-6-16(13)22-20-14(12)9-23-17(20)8-18(25)15(21(23)27)10-28-19(26)4-2/h5-8,24-25H,3-4,9-10H2,1-2H3. The molecule has 0 spiro atoms. The molecule has 0 atom stereocenters. The molecule has 0 radical (unpaired) electrons. The van der Waals surface area contributed by atoms with Crippen LogP contribution >= 0.6 is 0 Å². The van der Waals surface area contributed by atoms with Gasteiger partial charge in [-0.3, -0.25) is 9.59 Å². The normalized spacial score (nSPS) is 12.1. The summed E-state index contributed by atoms with van der Waals surface area (Å²) in [6.07, 6.45) is 0.905. The van der Waals surface area contributed by atoms with Crippen LogP contribution in [0.15, 0.2) is 29.1 Å². The summed E-state index contributed by atoms with van der Waals surface area (Å²) in [6.45, 7) is 3.73. The predicted molar refractivity (Wildman–Crippen MR) is 103 cm³/mol. The summed E-state index contributed by atoms with van der Waals surface area (Å²) in [7, 11) is 0. The molecule has 0 aliphatic carbocycles. The number of benzene rings is 1. The monoisotopic (exact) mass is 380 g/mol. The molecule has 0 saturated carbocycles. The molecule has 4 rings (SSSR count). The van der Waals surface area contributed by atoms with Crippen LogP contribution in [-0.4, -0.2) is 25.7 Å². The second-order valence-corrected chi connectivity index (χ2v) is 6.77. The molecule has 3 heterocycles. The zero-order chi connectivity index (χ0) is 20.0. The first-order chi connectivity index (χ1) is 13.4. The number of aryl methyl sites for hydroxylation is 1. The van der Waals surface area contributed by atoms with Crippen molar-refractivity contribution in [2.45, 2.75) is 39.8 Å². The number of hydrogen-bond donors (Lipinski definition) is 2. The third-order valence-corrected chi connectivity index (χ3v) is 5.14. The molecule has 2 N–H and O–H groups in total. The molecule has 3 aromatic rings. The van der Waals surface area contributed by atoms with Crippen molar-refractivity contribution in [3.8, 4) is 22.9 Å². The Hall–Kier alpha value is -3.35. The fourth-order valence-corrected chi connectivity index (χ4v) is 3.72. The van der Waals surface area contributed by atoms with Crippen LogP contribution in [0.3, 0.4) is 0 Å². The molecule has 7 heteroatoms. The van der Waals surface area contributed by atoms with Crippen molar-refractivity contribution in [2.24, 2.45) is 0 Å². The number of hydrogen-bond acceptors (Lipinski definition) is 6. The molecule has 1 aliphatic heterocycles. The van der Waals surface area contributed by atoms with E-state index in [-0.39, 0.29) is 30.1 Å². The minimum atomic E-state index is -0.437. The number of fused-ring (bicyclic) bond motifs is 4. The highest BCUT2D eigenvalue weighted by atomic mass is 16.5. The highest BCUT2D eigenvalue weighted by Crippen LogP contribution is 2.38. The topological polar surface area (TPSA) is 102 Å². The molecule has 7 nitrogen and oxygen atoms in total. The van der Waals surface area contributed by atoms with Gasteiger partial charge in [0, 0.05) is 23.4 Å². The Morgan fingerprint density at radius 3 is 2.71 bits per heavy atom. The minimum Gasteiger partial charge on any atom is -0.508 e. The number of carbonyl (C=O) groups excluding carboxylic acids is 1. The number of phenols is 1. The summed E-state index contributed by atoms with van der Waals surface area (Å²) in [4.78, 5) is 29.0. The largest absolute Gasteiger partial charge is 0.508 e. The Morgan fingerprint density at radius 1 is 1.21 bits per heavy atom. The van der Waals surface area contributed by atoms with Crippen LogP contribution in [0.4, 0.5) is 0 Å². The van der Waals surface area contributed by atoms with Gasteiger partial charge < -0.3 is 19.5 Å². The lowest BCUT2D eigenvalue weighted by atomic mass is 9.98. The van der Waals surface area contributed by atoms with E-state index in [9.17, 15) is 19.8 Å². The van der Waals surface area contributed by atoms with Crippen LogP contribution in [0.2, 0.25) is 0 Å². The van der Waals surface area contributed by atoms with Gasteiger partial charge in [-0.1, -0.05) is 13.8 Å². The highest BCUT2D eigenvalue weighted by Gasteiger charge is 2.28. The van der Waals surface area contributed by atoms with Crippen molar-refractivity contribution in [1.29, 1.82) is 0 Å². The van der Waals surface area contributed by atoms with E-state index in [1.807, 2.05) is 6.92 Å². The lowest BCUT2D eigenvalue weighted by Gasteiger charge is -2.10. The van der Waals surface area contributed by atoms with Gasteiger partial charge >= 0.3 is 5.97 Å². The maximum atomic E-state index is 12.9. The SMILES string of the molecule is CCC(=O)OCc1c(O)cc2n(c1=O)Cc1c-2nc2ccc(O)cc2c1CC. The predicted octanol–water partition coefficient (Wildman–Crippen LogP) is 2.85. The van der Waals surface area contributed by atoms with Gasteiger partial charge in [-0.2, -0.15) is 0 Å². The first kappa shape index (κ1) is 18.0. The fraction of sp³-hybridized carbons (Fsp3) is 0.286. The van der Waals surface area contributed by atoms with E-state index in [0.717, 1.165) is 22.0 Å². The average Bonchev–Trinajstić information content (AvgIpc) is 3.04. The Balaban J connectivity index is 1.88. The van der Waals surface area contributed by atoms with Gasteiger partial charge in [0.15, 0.2) is 0 Å². The van der Waals surface area contributed by atoms with Gasteiger partial charge in [0.1, 0.15) is 18.1 Å².